The van der Waals surface area contributed by atoms with Crippen molar-refractivity contribution in [1.82, 2.24) is 9.29 Å². The summed E-state index contributed by atoms with van der Waals surface area (Å²) in [7, 11) is -2.99. The number of aromatic nitrogens is 1. The van der Waals surface area contributed by atoms with Crippen molar-refractivity contribution < 1.29 is 41.0 Å². The molecule has 0 aliphatic carbocycles. The minimum atomic E-state index is -4.58. The van der Waals surface area contributed by atoms with Gasteiger partial charge < -0.3 is 14.7 Å². The summed E-state index contributed by atoms with van der Waals surface area (Å²) in [6.07, 6.45) is -4.29. The number of aliphatic carboxylic acids is 1. The van der Waals surface area contributed by atoms with E-state index in [1.54, 1.807) is 6.92 Å². The summed E-state index contributed by atoms with van der Waals surface area (Å²) in [6, 6.07) is 4.94. The van der Waals surface area contributed by atoms with E-state index in [2.05, 4.69) is 4.98 Å². The normalized spacial score (nSPS) is 17.4. The lowest BCUT2D eigenvalue weighted by Crippen LogP contribution is -2.58. The predicted octanol–water partition coefficient (Wildman–Crippen LogP) is 2.09. The molecule has 1 N–H and O–H groups in total. The quantitative estimate of drug-likeness (QED) is 0.598. The zero-order valence-electron chi connectivity index (χ0n) is 18.2. The molecule has 0 amide bonds. The number of anilines is 1. The number of carboxylic acids is 1. The van der Waals surface area contributed by atoms with Crippen LogP contribution in [0.15, 0.2) is 41.4 Å². The lowest BCUT2D eigenvalue weighted by atomic mass is 10.1. The third kappa shape index (κ3) is 5.30. The molecule has 1 atom stereocenters. The maximum atomic E-state index is 13.3. The van der Waals surface area contributed by atoms with Gasteiger partial charge in [0.05, 0.1) is 24.0 Å². The van der Waals surface area contributed by atoms with E-state index in [-0.39, 0.29) is 36.8 Å². The van der Waals surface area contributed by atoms with E-state index in [0.29, 0.717) is 17.3 Å². The van der Waals surface area contributed by atoms with Gasteiger partial charge in [0, 0.05) is 25.8 Å². The van der Waals surface area contributed by atoms with Crippen molar-refractivity contribution in [3.63, 3.8) is 0 Å². The molecule has 1 saturated heterocycles. The molecule has 1 aliphatic rings. The Balaban J connectivity index is 1.89. The number of ether oxygens (including phenoxy) is 1. The summed E-state index contributed by atoms with van der Waals surface area (Å²) in [6.45, 7) is 1.21. The summed E-state index contributed by atoms with van der Waals surface area (Å²) in [5.74, 6) is -1.82. The van der Waals surface area contributed by atoms with E-state index in [4.69, 9.17) is 9.84 Å². The fraction of sp³-hybridized carbons (Fsp3) is 0.381. The molecular formula is C21H22F3N3O6S. The van der Waals surface area contributed by atoms with Crippen molar-refractivity contribution >= 4 is 27.8 Å². The van der Waals surface area contributed by atoms with Crippen molar-refractivity contribution in [1.29, 1.82) is 0 Å². The highest BCUT2D eigenvalue weighted by Crippen LogP contribution is 2.31. The molecule has 0 unspecified atom stereocenters. The van der Waals surface area contributed by atoms with Gasteiger partial charge in [-0.05, 0) is 42.3 Å². The Bertz CT molecular complexity index is 1190. The van der Waals surface area contributed by atoms with Gasteiger partial charge in [0.25, 0.3) is 0 Å². The van der Waals surface area contributed by atoms with Crippen LogP contribution in [0.3, 0.4) is 0 Å². The highest BCUT2D eigenvalue weighted by molar-refractivity contribution is 7.89. The first kappa shape index (κ1) is 25.4. The van der Waals surface area contributed by atoms with Gasteiger partial charge in [-0.1, -0.05) is 6.07 Å². The van der Waals surface area contributed by atoms with Gasteiger partial charge in [-0.2, -0.15) is 17.5 Å². The monoisotopic (exact) mass is 501 g/mol. The van der Waals surface area contributed by atoms with Gasteiger partial charge in [-0.3, -0.25) is 4.79 Å². The standard InChI is InChI=1S/C21H22F3N3O6S/c1-13-3-5-16(9-14(13)10-19(28)29)34(31,32)26-7-8-27(17(12-26)20(30)33-2)18-6-4-15(11-25-18)21(22,23)24/h3-6,9,11,17H,7-8,10,12H2,1-2H3,(H,28,29)/t17-/m1/s1. The molecule has 184 valence electrons. The summed E-state index contributed by atoms with van der Waals surface area (Å²) < 4.78 is 70.9. The van der Waals surface area contributed by atoms with Crippen LogP contribution in [0.4, 0.5) is 19.0 Å². The van der Waals surface area contributed by atoms with E-state index in [9.17, 15) is 31.2 Å². The predicted molar refractivity (Wildman–Crippen MR) is 114 cm³/mol. The molecule has 0 bridgehead atoms. The third-order valence-corrected chi connectivity index (χ3v) is 7.35. The number of piperazine rings is 1. The Kier molecular flexibility index (Phi) is 7.17. The van der Waals surface area contributed by atoms with E-state index in [0.717, 1.165) is 23.5 Å². The fourth-order valence-electron chi connectivity index (χ4n) is 3.62. The molecule has 0 spiro atoms. The molecule has 13 heteroatoms. The Morgan fingerprint density at radius 1 is 1.21 bits per heavy atom. The fourth-order valence-corrected chi connectivity index (χ4v) is 5.11. The van der Waals surface area contributed by atoms with Crippen LogP contribution in [0.5, 0.6) is 0 Å². The third-order valence-electron chi connectivity index (χ3n) is 5.49. The van der Waals surface area contributed by atoms with Crippen molar-refractivity contribution in [2.24, 2.45) is 0 Å². The second-order valence-corrected chi connectivity index (χ2v) is 9.59. The van der Waals surface area contributed by atoms with Gasteiger partial charge in [-0.25, -0.2) is 18.2 Å². The smallest absolute Gasteiger partial charge is 0.417 e. The maximum Gasteiger partial charge on any atom is 0.417 e. The number of esters is 1. The number of carboxylic acid groups (broad SMARTS) is 1. The first-order chi connectivity index (χ1) is 15.8. The summed E-state index contributed by atoms with van der Waals surface area (Å²) in [5.41, 5.74) is 0.00119. The average molecular weight is 501 g/mol. The molecule has 0 saturated carbocycles. The van der Waals surface area contributed by atoms with Crippen molar-refractivity contribution in [3.05, 3.63) is 53.2 Å². The Labute approximate surface area is 193 Å². The molecular weight excluding hydrogens is 479 g/mol. The largest absolute Gasteiger partial charge is 0.481 e. The summed E-state index contributed by atoms with van der Waals surface area (Å²) in [5, 5.41) is 9.07. The maximum absolute atomic E-state index is 13.3. The van der Waals surface area contributed by atoms with E-state index >= 15 is 0 Å². The van der Waals surface area contributed by atoms with E-state index in [1.165, 1.54) is 23.1 Å². The average Bonchev–Trinajstić information content (AvgIpc) is 2.78. The number of sulfonamides is 1. The van der Waals surface area contributed by atoms with Crippen molar-refractivity contribution in [2.75, 3.05) is 31.6 Å². The molecule has 9 nitrogen and oxygen atoms in total. The SMILES string of the molecule is COC(=O)[C@H]1CN(S(=O)(=O)c2ccc(C)c(CC(=O)O)c2)CCN1c1ccc(C(F)(F)F)cn1. The van der Waals surface area contributed by atoms with E-state index < -0.39 is 39.7 Å². The Morgan fingerprint density at radius 3 is 2.47 bits per heavy atom. The number of halogens is 3. The van der Waals surface area contributed by atoms with Crippen molar-refractivity contribution in [3.8, 4) is 0 Å². The zero-order valence-corrected chi connectivity index (χ0v) is 19.1. The van der Waals surface area contributed by atoms with Gasteiger partial charge in [0.15, 0.2) is 0 Å². The lowest BCUT2D eigenvalue weighted by Gasteiger charge is -2.39. The molecule has 1 aromatic carbocycles. The minimum Gasteiger partial charge on any atom is -0.481 e. The van der Waals surface area contributed by atoms with Gasteiger partial charge in [-0.15, -0.1) is 0 Å². The first-order valence-electron chi connectivity index (χ1n) is 10.0. The van der Waals surface area contributed by atoms with Crippen LogP contribution in [0.25, 0.3) is 0 Å². The lowest BCUT2D eigenvalue weighted by molar-refractivity contribution is -0.143. The number of hydrogen-bond acceptors (Lipinski definition) is 7. The van der Waals surface area contributed by atoms with Crippen LogP contribution in [0.2, 0.25) is 0 Å². The summed E-state index contributed by atoms with van der Waals surface area (Å²) >= 11 is 0. The number of carbonyl (C=O) groups is 2. The molecule has 1 fully saturated rings. The number of pyridine rings is 1. The van der Waals surface area contributed by atoms with Crippen LogP contribution in [0, 0.1) is 6.92 Å². The number of aryl methyl sites for hydroxylation is 1. The minimum absolute atomic E-state index is 0.0365. The second kappa shape index (κ2) is 9.58. The number of hydrogen-bond donors (Lipinski definition) is 1. The molecule has 0 radical (unpaired) electrons. The number of alkyl halides is 3. The zero-order chi connectivity index (χ0) is 25.3. The number of nitrogens with zero attached hydrogens (tertiary/aromatic N) is 3. The van der Waals surface area contributed by atoms with Crippen LogP contribution < -0.4 is 4.90 Å². The molecule has 1 aromatic heterocycles. The van der Waals surface area contributed by atoms with Crippen LogP contribution in [0.1, 0.15) is 16.7 Å². The number of rotatable bonds is 6. The first-order valence-corrected chi connectivity index (χ1v) is 11.5. The van der Waals surface area contributed by atoms with E-state index in [1.807, 2.05) is 0 Å². The summed E-state index contributed by atoms with van der Waals surface area (Å²) in [4.78, 5) is 28.6. The van der Waals surface area contributed by atoms with Crippen LogP contribution in [-0.4, -0.2) is 67.5 Å². The second-order valence-electron chi connectivity index (χ2n) is 7.66. The topological polar surface area (TPSA) is 117 Å². The van der Waals surface area contributed by atoms with Crippen molar-refractivity contribution in [2.45, 2.75) is 30.5 Å². The van der Waals surface area contributed by atoms with Gasteiger partial charge >= 0.3 is 18.1 Å². The number of benzene rings is 1. The molecule has 2 aromatic rings. The highest BCUT2D eigenvalue weighted by Gasteiger charge is 2.39. The van der Waals surface area contributed by atoms with Crippen LogP contribution >= 0.6 is 0 Å². The van der Waals surface area contributed by atoms with Gasteiger partial charge in [0.2, 0.25) is 10.0 Å². The Hall–Kier alpha value is -3.19. The molecule has 3 rings (SSSR count). The number of methoxy groups -OCH3 is 1. The molecule has 2 heterocycles. The molecule has 1 aliphatic heterocycles. The van der Waals surface area contributed by atoms with Gasteiger partial charge in [0.1, 0.15) is 11.9 Å². The highest BCUT2D eigenvalue weighted by atomic mass is 32.2. The Morgan fingerprint density at radius 2 is 1.91 bits per heavy atom. The number of carbonyl (C=O) groups excluding carboxylic acids is 1. The van der Waals surface area contributed by atoms with Crippen LogP contribution in [-0.2, 0) is 36.9 Å². The molecule has 34 heavy (non-hydrogen) atoms.